The molecule has 6 heteroatoms. The lowest BCUT2D eigenvalue weighted by Gasteiger charge is -2.09. The lowest BCUT2D eigenvalue weighted by molar-refractivity contribution is 0.0913. The van der Waals surface area contributed by atoms with Crippen molar-refractivity contribution in [1.29, 1.82) is 0 Å². The van der Waals surface area contributed by atoms with Crippen LogP contribution in [0.15, 0.2) is 45.8 Å². The van der Waals surface area contributed by atoms with E-state index in [9.17, 15) is 14.0 Å². The molecule has 23 heavy (non-hydrogen) atoms. The second-order valence-electron chi connectivity index (χ2n) is 4.95. The van der Waals surface area contributed by atoms with Gasteiger partial charge in [-0.2, -0.15) is 0 Å². The zero-order valence-electron chi connectivity index (χ0n) is 12.8. The van der Waals surface area contributed by atoms with Crippen LogP contribution in [0, 0.1) is 5.82 Å². The lowest BCUT2D eigenvalue weighted by Crippen LogP contribution is -2.25. The van der Waals surface area contributed by atoms with Gasteiger partial charge in [0.25, 0.3) is 5.91 Å². The van der Waals surface area contributed by atoms with Crippen molar-refractivity contribution in [2.75, 3.05) is 6.61 Å². The Balaban J connectivity index is 2.07. The molecule has 2 rings (SSSR count). The fourth-order valence-electron chi connectivity index (χ4n) is 1.88. The van der Waals surface area contributed by atoms with Crippen LogP contribution < -0.4 is 15.5 Å². The summed E-state index contributed by atoms with van der Waals surface area (Å²) in [4.78, 5) is 24.0. The van der Waals surface area contributed by atoms with Crippen molar-refractivity contribution in [2.24, 2.45) is 0 Å². The second kappa shape index (κ2) is 8.12. The molecule has 0 saturated heterocycles. The van der Waals surface area contributed by atoms with Crippen molar-refractivity contribution in [3.05, 3.63) is 64.0 Å². The van der Waals surface area contributed by atoms with Gasteiger partial charge in [-0.05, 0) is 24.1 Å². The molecule has 1 amide bonds. The van der Waals surface area contributed by atoms with Crippen molar-refractivity contribution >= 4 is 5.91 Å². The molecular formula is C17H18FNO4. The Morgan fingerprint density at radius 1 is 1.26 bits per heavy atom. The first kappa shape index (κ1) is 16.7. The number of rotatable bonds is 7. The fourth-order valence-corrected chi connectivity index (χ4v) is 1.88. The molecule has 5 nitrogen and oxygen atoms in total. The van der Waals surface area contributed by atoms with Gasteiger partial charge in [0.1, 0.15) is 5.82 Å². The average Bonchev–Trinajstić information content (AvgIpc) is 2.55. The highest BCUT2D eigenvalue weighted by Gasteiger charge is 2.18. The zero-order chi connectivity index (χ0) is 16.7. The quantitative estimate of drug-likeness (QED) is 0.797. The van der Waals surface area contributed by atoms with E-state index >= 15 is 0 Å². The molecule has 122 valence electrons. The van der Waals surface area contributed by atoms with E-state index in [-0.39, 0.29) is 23.9 Å². The van der Waals surface area contributed by atoms with E-state index in [0.717, 1.165) is 24.7 Å². The Bertz CT molecular complexity index is 709. The largest absolute Gasteiger partial charge is 0.486 e. The molecule has 0 spiro atoms. The van der Waals surface area contributed by atoms with Gasteiger partial charge in [-0.1, -0.05) is 25.5 Å². The minimum Gasteiger partial charge on any atom is -0.486 e. The van der Waals surface area contributed by atoms with Crippen LogP contribution >= 0.6 is 0 Å². The predicted molar refractivity (Wildman–Crippen MR) is 83.0 cm³/mol. The molecule has 1 N–H and O–H groups in total. The zero-order valence-corrected chi connectivity index (χ0v) is 12.8. The van der Waals surface area contributed by atoms with Crippen molar-refractivity contribution in [1.82, 2.24) is 5.32 Å². The molecule has 1 aromatic heterocycles. The average molecular weight is 319 g/mol. The lowest BCUT2D eigenvalue weighted by atomic mass is 10.2. The van der Waals surface area contributed by atoms with Crippen LogP contribution in [0.3, 0.4) is 0 Å². The SMILES string of the molecule is CCCCOc1c(C(=O)NCc2ccc(F)cc2)occc1=O. The standard InChI is InChI=1S/C17H18FNO4/c1-2-3-9-22-15-14(20)8-10-23-16(15)17(21)19-11-12-4-6-13(18)7-5-12/h4-8,10H,2-3,9,11H2,1H3,(H,19,21). The molecule has 0 saturated carbocycles. The van der Waals surface area contributed by atoms with Gasteiger partial charge in [-0.3, -0.25) is 9.59 Å². The summed E-state index contributed by atoms with van der Waals surface area (Å²) in [5, 5.41) is 2.62. The molecule has 0 aliphatic heterocycles. The monoisotopic (exact) mass is 319 g/mol. The molecule has 0 bridgehead atoms. The van der Waals surface area contributed by atoms with E-state index in [2.05, 4.69) is 5.32 Å². The van der Waals surface area contributed by atoms with Gasteiger partial charge >= 0.3 is 0 Å². The molecule has 0 aliphatic carbocycles. The van der Waals surface area contributed by atoms with Crippen LogP contribution in [0.2, 0.25) is 0 Å². The summed E-state index contributed by atoms with van der Waals surface area (Å²) in [5.74, 6) is -1.15. The Morgan fingerprint density at radius 2 is 2.00 bits per heavy atom. The molecule has 0 radical (unpaired) electrons. The summed E-state index contributed by atoms with van der Waals surface area (Å²) in [6, 6.07) is 6.95. The van der Waals surface area contributed by atoms with Crippen LogP contribution in [0.25, 0.3) is 0 Å². The van der Waals surface area contributed by atoms with E-state index < -0.39 is 11.3 Å². The van der Waals surface area contributed by atoms with Gasteiger partial charge in [0, 0.05) is 12.6 Å². The number of carbonyl (C=O) groups excluding carboxylic acids is 1. The third-order valence-corrected chi connectivity index (χ3v) is 3.15. The number of ether oxygens (including phenoxy) is 1. The maximum Gasteiger partial charge on any atom is 0.291 e. The number of carbonyl (C=O) groups is 1. The van der Waals surface area contributed by atoms with Gasteiger partial charge in [0.2, 0.25) is 16.9 Å². The summed E-state index contributed by atoms with van der Waals surface area (Å²) in [7, 11) is 0. The first-order valence-corrected chi connectivity index (χ1v) is 7.39. The summed E-state index contributed by atoms with van der Waals surface area (Å²) in [5.41, 5.74) is 0.325. The molecule has 1 heterocycles. The molecule has 1 aromatic carbocycles. The first-order chi connectivity index (χ1) is 11.1. The van der Waals surface area contributed by atoms with Gasteiger partial charge in [0.15, 0.2) is 0 Å². The van der Waals surface area contributed by atoms with Gasteiger partial charge in [-0.15, -0.1) is 0 Å². The fraction of sp³-hybridized carbons (Fsp3) is 0.294. The molecular weight excluding hydrogens is 301 g/mol. The Hall–Kier alpha value is -2.63. The van der Waals surface area contributed by atoms with E-state index in [4.69, 9.17) is 9.15 Å². The Morgan fingerprint density at radius 3 is 2.70 bits per heavy atom. The summed E-state index contributed by atoms with van der Waals surface area (Å²) < 4.78 is 23.4. The number of hydrogen-bond donors (Lipinski definition) is 1. The Labute approximate surface area is 133 Å². The van der Waals surface area contributed by atoms with Gasteiger partial charge < -0.3 is 14.5 Å². The third-order valence-electron chi connectivity index (χ3n) is 3.15. The molecule has 0 aliphatic rings. The van der Waals surface area contributed by atoms with Crippen molar-refractivity contribution in [3.8, 4) is 5.75 Å². The Kier molecular flexibility index (Phi) is 5.91. The minimum atomic E-state index is -0.557. The minimum absolute atomic E-state index is 0.0856. The summed E-state index contributed by atoms with van der Waals surface area (Å²) >= 11 is 0. The summed E-state index contributed by atoms with van der Waals surface area (Å²) in [6.45, 7) is 2.52. The van der Waals surface area contributed by atoms with E-state index in [1.54, 1.807) is 12.1 Å². The topological polar surface area (TPSA) is 68.5 Å². The highest BCUT2D eigenvalue weighted by atomic mass is 19.1. The first-order valence-electron chi connectivity index (χ1n) is 7.39. The predicted octanol–water partition coefficient (Wildman–Crippen LogP) is 2.89. The number of amides is 1. The second-order valence-corrected chi connectivity index (χ2v) is 4.95. The normalized spacial score (nSPS) is 10.3. The highest BCUT2D eigenvalue weighted by Crippen LogP contribution is 2.14. The number of halogens is 1. The van der Waals surface area contributed by atoms with Crippen LogP contribution in [-0.2, 0) is 6.54 Å². The maximum atomic E-state index is 12.8. The van der Waals surface area contributed by atoms with Crippen LogP contribution in [0.1, 0.15) is 35.9 Å². The maximum absolute atomic E-state index is 12.8. The van der Waals surface area contributed by atoms with E-state index in [1.165, 1.54) is 18.2 Å². The number of benzene rings is 1. The van der Waals surface area contributed by atoms with Gasteiger partial charge in [0.05, 0.1) is 12.9 Å². The summed E-state index contributed by atoms with van der Waals surface area (Å²) in [6.07, 6.45) is 2.83. The van der Waals surface area contributed by atoms with Crippen LogP contribution in [-0.4, -0.2) is 12.5 Å². The number of nitrogens with one attached hydrogen (secondary N) is 1. The molecule has 0 fully saturated rings. The number of unbranched alkanes of at least 4 members (excludes halogenated alkanes) is 1. The smallest absolute Gasteiger partial charge is 0.291 e. The number of hydrogen-bond acceptors (Lipinski definition) is 4. The van der Waals surface area contributed by atoms with Crippen molar-refractivity contribution < 1.29 is 18.3 Å². The van der Waals surface area contributed by atoms with Crippen LogP contribution in [0.5, 0.6) is 5.75 Å². The van der Waals surface area contributed by atoms with E-state index in [1.807, 2.05) is 6.92 Å². The van der Waals surface area contributed by atoms with Crippen molar-refractivity contribution in [2.45, 2.75) is 26.3 Å². The molecule has 0 atom stereocenters. The van der Waals surface area contributed by atoms with Gasteiger partial charge in [-0.25, -0.2) is 4.39 Å². The van der Waals surface area contributed by atoms with E-state index in [0.29, 0.717) is 6.61 Å². The molecule has 2 aromatic rings. The molecule has 0 unspecified atom stereocenters. The highest BCUT2D eigenvalue weighted by molar-refractivity contribution is 5.93. The van der Waals surface area contributed by atoms with Crippen LogP contribution in [0.4, 0.5) is 4.39 Å². The van der Waals surface area contributed by atoms with Crippen molar-refractivity contribution in [3.63, 3.8) is 0 Å². The third kappa shape index (κ3) is 4.67.